The maximum atomic E-state index is 12.8. The Morgan fingerprint density at radius 2 is 1.76 bits per heavy atom. The monoisotopic (exact) mass is 336 g/mol. The predicted octanol–water partition coefficient (Wildman–Crippen LogP) is 4.30. The van der Waals surface area contributed by atoms with Crippen LogP contribution >= 0.6 is 0 Å². The average Bonchev–Trinajstić information content (AvgIpc) is 2.93. The van der Waals surface area contributed by atoms with Crippen LogP contribution in [0.4, 0.5) is 0 Å². The van der Waals surface area contributed by atoms with Gasteiger partial charge >= 0.3 is 0 Å². The van der Waals surface area contributed by atoms with Crippen LogP contribution in [0.3, 0.4) is 0 Å². The summed E-state index contributed by atoms with van der Waals surface area (Å²) in [4.78, 5) is 16.1. The molecule has 0 bridgehead atoms. The van der Waals surface area contributed by atoms with E-state index in [-0.39, 0.29) is 11.4 Å². The molecular weight excluding hydrogens is 312 g/mol. The highest BCUT2D eigenvalue weighted by Gasteiger charge is 2.21. The fraction of sp³-hybridized carbons (Fsp3) is 0.286. The number of ether oxygens (including phenoxy) is 1. The number of H-pyrrole nitrogens is 1. The highest BCUT2D eigenvalue weighted by atomic mass is 16.5. The summed E-state index contributed by atoms with van der Waals surface area (Å²) in [7, 11) is 1.66. The zero-order valence-corrected chi connectivity index (χ0v) is 15.1. The van der Waals surface area contributed by atoms with E-state index in [0.29, 0.717) is 12.1 Å². The summed E-state index contributed by atoms with van der Waals surface area (Å²) in [5, 5.41) is 4.13. The van der Waals surface area contributed by atoms with Gasteiger partial charge < -0.3 is 15.0 Å². The van der Waals surface area contributed by atoms with E-state index >= 15 is 0 Å². The van der Waals surface area contributed by atoms with Crippen molar-refractivity contribution in [1.82, 2.24) is 10.3 Å². The standard InChI is InChI=1S/C21H24N2O2/c1-21(2,3)23-20(24)19-17(16-7-5-6-8-18(16)22-19)13-14-9-11-15(25-4)12-10-14/h5-12,22H,13H2,1-4H3,(H,23,24). The van der Waals surface area contributed by atoms with Gasteiger partial charge in [0.25, 0.3) is 5.91 Å². The molecule has 3 aromatic rings. The second-order valence-corrected chi connectivity index (χ2v) is 7.25. The minimum absolute atomic E-state index is 0.0767. The molecule has 0 aliphatic heterocycles. The topological polar surface area (TPSA) is 54.1 Å². The zero-order chi connectivity index (χ0) is 18.0. The molecule has 0 saturated carbocycles. The lowest BCUT2D eigenvalue weighted by Gasteiger charge is -2.20. The van der Waals surface area contributed by atoms with Crippen molar-refractivity contribution >= 4 is 16.8 Å². The Balaban J connectivity index is 2.01. The van der Waals surface area contributed by atoms with E-state index in [2.05, 4.69) is 16.4 Å². The van der Waals surface area contributed by atoms with Crippen LogP contribution in [-0.4, -0.2) is 23.5 Å². The van der Waals surface area contributed by atoms with Gasteiger partial charge in [-0.05, 0) is 50.1 Å². The van der Waals surface area contributed by atoms with Crippen molar-refractivity contribution in [3.8, 4) is 5.75 Å². The second kappa shape index (κ2) is 6.63. The first-order valence-electron chi connectivity index (χ1n) is 8.42. The fourth-order valence-electron chi connectivity index (χ4n) is 2.93. The van der Waals surface area contributed by atoms with Gasteiger partial charge in [0.2, 0.25) is 0 Å². The third kappa shape index (κ3) is 3.85. The first kappa shape index (κ1) is 17.1. The lowest BCUT2D eigenvalue weighted by molar-refractivity contribution is 0.0914. The minimum atomic E-state index is -0.286. The molecule has 3 rings (SSSR count). The van der Waals surface area contributed by atoms with Crippen LogP contribution in [0.25, 0.3) is 10.9 Å². The van der Waals surface area contributed by atoms with Gasteiger partial charge in [-0.2, -0.15) is 0 Å². The molecule has 0 fully saturated rings. The number of rotatable bonds is 4. The van der Waals surface area contributed by atoms with Crippen LogP contribution < -0.4 is 10.1 Å². The smallest absolute Gasteiger partial charge is 0.268 e. The van der Waals surface area contributed by atoms with Crippen LogP contribution in [0.1, 0.15) is 42.4 Å². The molecule has 2 aromatic carbocycles. The summed E-state index contributed by atoms with van der Waals surface area (Å²) in [6, 6.07) is 16.0. The molecule has 1 heterocycles. The molecule has 0 aliphatic carbocycles. The van der Waals surface area contributed by atoms with Crippen molar-refractivity contribution in [2.75, 3.05) is 7.11 Å². The third-order valence-electron chi connectivity index (χ3n) is 4.07. The molecule has 25 heavy (non-hydrogen) atoms. The first-order valence-corrected chi connectivity index (χ1v) is 8.42. The maximum absolute atomic E-state index is 12.8. The van der Waals surface area contributed by atoms with Crippen molar-refractivity contribution in [2.45, 2.75) is 32.7 Å². The Morgan fingerprint density at radius 1 is 1.08 bits per heavy atom. The number of methoxy groups -OCH3 is 1. The SMILES string of the molecule is COc1ccc(Cc2c(C(=O)NC(C)(C)C)[nH]c3ccccc23)cc1. The third-order valence-corrected chi connectivity index (χ3v) is 4.07. The highest BCUT2D eigenvalue weighted by Crippen LogP contribution is 2.26. The molecule has 0 saturated heterocycles. The van der Waals surface area contributed by atoms with Crippen molar-refractivity contribution < 1.29 is 9.53 Å². The zero-order valence-electron chi connectivity index (χ0n) is 15.1. The molecule has 0 unspecified atom stereocenters. The van der Waals surface area contributed by atoms with Gasteiger partial charge in [-0.25, -0.2) is 0 Å². The van der Waals surface area contributed by atoms with E-state index in [1.807, 2.05) is 63.2 Å². The molecule has 0 atom stereocenters. The lowest BCUT2D eigenvalue weighted by Crippen LogP contribution is -2.41. The molecule has 4 nitrogen and oxygen atoms in total. The number of fused-ring (bicyclic) bond motifs is 1. The van der Waals surface area contributed by atoms with Gasteiger partial charge in [-0.3, -0.25) is 4.79 Å². The molecule has 0 aliphatic rings. The van der Waals surface area contributed by atoms with Gasteiger partial charge in [0.15, 0.2) is 0 Å². The van der Waals surface area contributed by atoms with Gasteiger partial charge in [-0.1, -0.05) is 30.3 Å². The molecular formula is C21H24N2O2. The summed E-state index contributed by atoms with van der Waals surface area (Å²) in [5.41, 5.74) is 3.47. The Labute approximate surface area is 148 Å². The number of hydrogen-bond acceptors (Lipinski definition) is 2. The van der Waals surface area contributed by atoms with Gasteiger partial charge in [-0.15, -0.1) is 0 Å². The molecule has 1 aromatic heterocycles. The number of aromatic nitrogens is 1. The number of aromatic amines is 1. The summed E-state index contributed by atoms with van der Waals surface area (Å²) in [6.45, 7) is 5.95. The number of nitrogens with one attached hydrogen (secondary N) is 2. The summed E-state index contributed by atoms with van der Waals surface area (Å²) >= 11 is 0. The van der Waals surface area contributed by atoms with Crippen LogP contribution in [-0.2, 0) is 6.42 Å². The van der Waals surface area contributed by atoms with Gasteiger partial charge in [0, 0.05) is 22.9 Å². The summed E-state index contributed by atoms with van der Waals surface area (Å²) < 4.78 is 5.22. The summed E-state index contributed by atoms with van der Waals surface area (Å²) in [5.74, 6) is 0.751. The van der Waals surface area contributed by atoms with Gasteiger partial charge in [0.05, 0.1) is 7.11 Å². The normalized spacial score (nSPS) is 11.5. The van der Waals surface area contributed by atoms with E-state index < -0.39 is 0 Å². The lowest BCUT2D eigenvalue weighted by atomic mass is 10.0. The first-order chi connectivity index (χ1) is 11.9. The largest absolute Gasteiger partial charge is 0.497 e. The second-order valence-electron chi connectivity index (χ2n) is 7.25. The number of benzene rings is 2. The summed E-state index contributed by atoms with van der Waals surface area (Å²) in [6.07, 6.45) is 0.681. The highest BCUT2D eigenvalue weighted by molar-refractivity contribution is 6.01. The van der Waals surface area contributed by atoms with Crippen molar-refractivity contribution in [1.29, 1.82) is 0 Å². The Morgan fingerprint density at radius 3 is 2.40 bits per heavy atom. The minimum Gasteiger partial charge on any atom is -0.497 e. The van der Waals surface area contributed by atoms with Crippen LogP contribution in [0, 0.1) is 0 Å². The van der Waals surface area contributed by atoms with Crippen LogP contribution in [0.15, 0.2) is 48.5 Å². The molecule has 2 N–H and O–H groups in total. The van der Waals surface area contributed by atoms with E-state index in [0.717, 1.165) is 27.8 Å². The van der Waals surface area contributed by atoms with E-state index in [9.17, 15) is 4.79 Å². The Bertz CT molecular complexity index is 886. The van der Waals surface area contributed by atoms with Gasteiger partial charge in [0.1, 0.15) is 11.4 Å². The number of para-hydroxylation sites is 1. The Hall–Kier alpha value is -2.75. The number of carbonyl (C=O) groups excluding carboxylic acids is 1. The van der Waals surface area contributed by atoms with Crippen LogP contribution in [0.2, 0.25) is 0 Å². The quantitative estimate of drug-likeness (QED) is 0.746. The maximum Gasteiger partial charge on any atom is 0.268 e. The fourth-order valence-corrected chi connectivity index (χ4v) is 2.93. The molecule has 0 spiro atoms. The van der Waals surface area contributed by atoms with E-state index in [1.54, 1.807) is 7.11 Å². The van der Waals surface area contributed by atoms with Crippen molar-refractivity contribution in [3.63, 3.8) is 0 Å². The number of hydrogen-bond donors (Lipinski definition) is 2. The van der Waals surface area contributed by atoms with Crippen molar-refractivity contribution in [3.05, 3.63) is 65.4 Å². The number of amides is 1. The predicted molar refractivity (Wildman–Crippen MR) is 101 cm³/mol. The molecule has 4 heteroatoms. The van der Waals surface area contributed by atoms with E-state index in [4.69, 9.17) is 4.74 Å². The Kier molecular flexibility index (Phi) is 4.53. The van der Waals surface area contributed by atoms with E-state index in [1.165, 1.54) is 0 Å². The molecule has 130 valence electrons. The number of carbonyl (C=O) groups is 1. The van der Waals surface area contributed by atoms with Crippen molar-refractivity contribution in [2.24, 2.45) is 0 Å². The van der Waals surface area contributed by atoms with Crippen LogP contribution in [0.5, 0.6) is 5.75 Å². The molecule has 0 radical (unpaired) electrons. The average molecular weight is 336 g/mol. The molecule has 1 amide bonds.